The number of unbranched alkanes of at least 4 members (excludes halogenated alkanes) is 11. The number of esters is 2. The highest BCUT2D eigenvalue weighted by atomic mass is 16.6. The van der Waals surface area contributed by atoms with Gasteiger partial charge in [0.2, 0.25) is 0 Å². The van der Waals surface area contributed by atoms with E-state index in [1.165, 1.54) is 38.5 Å². The van der Waals surface area contributed by atoms with E-state index in [1.54, 1.807) is 0 Å². The van der Waals surface area contributed by atoms with Crippen molar-refractivity contribution in [3.63, 3.8) is 0 Å². The Balaban J connectivity index is 3.65. The molecule has 5 heteroatoms. The van der Waals surface area contributed by atoms with Gasteiger partial charge in [-0.25, -0.2) is 0 Å². The van der Waals surface area contributed by atoms with E-state index in [-0.39, 0.29) is 25.2 Å². The number of ether oxygens (including phenoxy) is 2. The van der Waals surface area contributed by atoms with Gasteiger partial charge < -0.3 is 14.6 Å². The predicted octanol–water partition coefficient (Wildman–Crippen LogP) is 7.22. The second-order valence-electron chi connectivity index (χ2n) is 8.77. The van der Waals surface area contributed by atoms with Crippen LogP contribution in [0, 0.1) is 0 Å². The van der Waals surface area contributed by atoms with Gasteiger partial charge >= 0.3 is 11.9 Å². The molecule has 1 unspecified atom stereocenters. The highest BCUT2D eigenvalue weighted by Crippen LogP contribution is 2.10. The van der Waals surface area contributed by atoms with Gasteiger partial charge in [0.15, 0.2) is 6.10 Å². The molecule has 0 aliphatic carbocycles. The first-order chi connectivity index (χ1) is 16.1. The van der Waals surface area contributed by atoms with Crippen LogP contribution in [0.1, 0.15) is 123 Å². The van der Waals surface area contributed by atoms with Gasteiger partial charge in [-0.15, -0.1) is 0 Å². The molecule has 5 nitrogen and oxygen atoms in total. The van der Waals surface area contributed by atoms with Crippen LogP contribution in [0.3, 0.4) is 0 Å². The van der Waals surface area contributed by atoms with Crippen LogP contribution >= 0.6 is 0 Å². The highest BCUT2D eigenvalue weighted by Gasteiger charge is 2.16. The molecule has 0 aliphatic heterocycles. The van der Waals surface area contributed by atoms with Crippen molar-refractivity contribution in [2.45, 2.75) is 129 Å². The Kier molecular flexibility index (Phi) is 23.8. The van der Waals surface area contributed by atoms with Gasteiger partial charge in [0.1, 0.15) is 6.61 Å². The summed E-state index contributed by atoms with van der Waals surface area (Å²) >= 11 is 0. The maximum atomic E-state index is 12.0. The van der Waals surface area contributed by atoms with Gasteiger partial charge in [-0.1, -0.05) is 95.9 Å². The molecule has 0 amide bonds. The molecule has 1 atom stereocenters. The maximum absolute atomic E-state index is 12.0. The smallest absolute Gasteiger partial charge is 0.306 e. The van der Waals surface area contributed by atoms with Gasteiger partial charge in [0.05, 0.1) is 6.61 Å². The van der Waals surface area contributed by atoms with Crippen molar-refractivity contribution in [3.8, 4) is 0 Å². The Morgan fingerprint density at radius 3 is 1.91 bits per heavy atom. The Hall–Kier alpha value is -1.62. The van der Waals surface area contributed by atoms with E-state index in [2.05, 4.69) is 38.2 Å². The first-order valence-electron chi connectivity index (χ1n) is 13.4. The molecule has 0 aromatic rings. The number of hydrogen-bond acceptors (Lipinski definition) is 5. The largest absolute Gasteiger partial charge is 0.462 e. The molecule has 0 saturated heterocycles. The molecule has 0 radical (unpaired) electrons. The van der Waals surface area contributed by atoms with E-state index >= 15 is 0 Å². The summed E-state index contributed by atoms with van der Waals surface area (Å²) in [5.41, 5.74) is 0. The molecule has 1 N–H and O–H groups in total. The summed E-state index contributed by atoms with van der Waals surface area (Å²) in [6.45, 7) is 3.96. The zero-order valence-corrected chi connectivity index (χ0v) is 21.4. The maximum Gasteiger partial charge on any atom is 0.306 e. The summed E-state index contributed by atoms with van der Waals surface area (Å²) in [6.07, 6.45) is 25.3. The average Bonchev–Trinajstić information content (AvgIpc) is 2.81. The fourth-order valence-corrected chi connectivity index (χ4v) is 3.41. The molecule has 0 fully saturated rings. The highest BCUT2D eigenvalue weighted by molar-refractivity contribution is 5.70. The number of aliphatic hydroxyl groups excluding tert-OH is 1. The molecule has 0 bridgehead atoms. The van der Waals surface area contributed by atoms with Crippen molar-refractivity contribution < 1.29 is 24.2 Å². The van der Waals surface area contributed by atoms with Crippen molar-refractivity contribution >= 4 is 11.9 Å². The Morgan fingerprint density at radius 1 is 0.697 bits per heavy atom. The minimum Gasteiger partial charge on any atom is -0.462 e. The van der Waals surface area contributed by atoms with Crippen LogP contribution in [0.4, 0.5) is 0 Å². The quantitative estimate of drug-likeness (QED) is 0.0977. The SMILES string of the molecule is CCC/C=C\C/C=C\CCCCCCCC(=O)OC(CO)COC(=O)CCCCCCCC. The Morgan fingerprint density at radius 2 is 1.27 bits per heavy atom. The topological polar surface area (TPSA) is 72.8 Å². The summed E-state index contributed by atoms with van der Waals surface area (Å²) < 4.78 is 10.4. The van der Waals surface area contributed by atoms with E-state index in [0.717, 1.165) is 57.8 Å². The van der Waals surface area contributed by atoms with Crippen molar-refractivity contribution in [2.75, 3.05) is 13.2 Å². The summed E-state index contributed by atoms with van der Waals surface area (Å²) in [5, 5.41) is 9.39. The van der Waals surface area contributed by atoms with Gasteiger partial charge in [-0.05, 0) is 38.5 Å². The molecule has 192 valence electrons. The van der Waals surface area contributed by atoms with Gasteiger partial charge in [-0.2, -0.15) is 0 Å². The summed E-state index contributed by atoms with van der Waals surface area (Å²) in [6, 6.07) is 0. The lowest BCUT2D eigenvalue weighted by Gasteiger charge is -2.15. The van der Waals surface area contributed by atoms with E-state index in [1.807, 2.05) is 0 Å². The molecular weight excluding hydrogens is 416 g/mol. The third-order valence-electron chi connectivity index (χ3n) is 5.48. The minimum absolute atomic E-state index is 0.0706. The molecule has 0 rings (SSSR count). The Labute approximate surface area is 203 Å². The van der Waals surface area contributed by atoms with Gasteiger partial charge in [-0.3, -0.25) is 9.59 Å². The predicted molar refractivity (Wildman–Crippen MR) is 136 cm³/mol. The van der Waals surface area contributed by atoms with E-state index in [9.17, 15) is 14.7 Å². The molecule has 0 aromatic heterocycles. The van der Waals surface area contributed by atoms with Crippen molar-refractivity contribution in [3.05, 3.63) is 24.3 Å². The number of allylic oxidation sites excluding steroid dienone is 4. The van der Waals surface area contributed by atoms with Crippen LogP contribution in [0.5, 0.6) is 0 Å². The van der Waals surface area contributed by atoms with Crippen LogP contribution < -0.4 is 0 Å². The van der Waals surface area contributed by atoms with Crippen molar-refractivity contribution in [1.82, 2.24) is 0 Å². The van der Waals surface area contributed by atoms with Crippen LogP contribution in [0.2, 0.25) is 0 Å². The summed E-state index contributed by atoms with van der Waals surface area (Å²) in [5.74, 6) is -0.622. The number of rotatable bonds is 23. The third-order valence-corrected chi connectivity index (χ3v) is 5.48. The molecule has 0 heterocycles. The minimum atomic E-state index is -0.769. The second kappa shape index (κ2) is 25.0. The second-order valence-corrected chi connectivity index (χ2v) is 8.77. The van der Waals surface area contributed by atoms with E-state index in [0.29, 0.717) is 12.8 Å². The standard InChI is InChI=1S/C28H50O5/c1-3-5-7-9-11-12-13-14-15-16-17-19-21-23-28(31)33-26(24-29)25-32-27(30)22-20-18-10-8-6-4-2/h7,9,12-13,26,29H,3-6,8,10-11,14-25H2,1-2H3/b9-7-,13-12-. The molecule has 0 spiro atoms. The third kappa shape index (κ3) is 23.3. The summed E-state index contributed by atoms with van der Waals surface area (Å²) in [4.78, 5) is 23.8. The molecule has 0 aromatic carbocycles. The van der Waals surface area contributed by atoms with Crippen LogP contribution in [0.25, 0.3) is 0 Å². The zero-order chi connectivity index (χ0) is 24.4. The van der Waals surface area contributed by atoms with E-state index < -0.39 is 6.10 Å². The summed E-state index contributed by atoms with van der Waals surface area (Å²) in [7, 11) is 0. The zero-order valence-electron chi connectivity index (χ0n) is 21.4. The number of carbonyl (C=O) groups is 2. The molecular formula is C28H50O5. The normalized spacial score (nSPS) is 12.5. The number of aliphatic hydroxyl groups is 1. The first-order valence-corrected chi connectivity index (χ1v) is 13.4. The molecule has 0 aliphatic rings. The monoisotopic (exact) mass is 466 g/mol. The van der Waals surface area contributed by atoms with E-state index in [4.69, 9.17) is 9.47 Å². The molecule has 33 heavy (non-hydrogen) atoms. The van der Waals surface area contributed by atoms with Crippen LogP contribution in [0.15, 0.2) is 24.3 Å². The molecule has 0 saturated carbocycles. The number of hydrogen-bond donors (Lipinski definition) is 1. The lowest BCUT2D eigenvalue weighted by molar-refractivity contribution is -0.161. The van der Waals surface area contributed by atoms with Crippen molar-refractivity contribution in [2.24, 2.45) is 0 Å². The van der Waals surface area contributed by atoms with Crippen LogP contribution in [-0.2, 0) is 19.1 Å². The average molecular weight is 467 g/mol. The van der Waals surface area contributed by atoms with Crippen LogP contribution in [-0.4, -0.2) is 36.4 Å². The van der Waals surface area contributed by atoms with Gasteiger partial charge in [0.25, 0.3) is 0 Å². The lowest BCUT2D eigenvalue weighted by Crippen LogP contribution is -2.28. The van der Waals surface area contributed by atoms with Crippen molar-refractivity contribution in [1.29, 1.82) is 0 Å². The Bertz CT molecular complexity index is 512. The van der Waals surface area contributed by atoms with Gasteiger partial charge in [0, 0.05) is 12.8 Å². The fraction of sp³-hybridized carbons (Fsp3) is 0.786. The fourth-order valence-electron chi connectivity index (χ4n) is 3.41. The number of carbonyl (C=O) groups excluding carboxylic acids is 2. The lowest BCUT2D eigenvalue weighted by atomic mass is 10.1. The first kappa shape index (κ1) is 31.4.